The molecule has 1 atom stereocenters. The molecule has 26 heavy (non-hydrogen) atoms. The fourth-order valence-corrected chi connectivity index (χ4v) is 4.04. The van der Waals surface area contributed by atoms with Crippen LogP contribution in [0, 0.1) is 6.92 Å². The number of nitrogens with one attached hydrogen (secondary N) is 2. The highest BCUT2D eigenvalue weighted by Gasteiger charge is 2.23. The van der Waals surface area contributed by atoms with Crippen LogP contribution in [0.5, 0.6) is 0 Å². The van der Waals surface area contributed by atoms with E-state index in [4.69, 9.17) is 0 Å². The third kappa shape index (κ3) is 5.30. The van der Waals surface area contributed by atoms with E-state index >= 15 is 0 Å². The van der Waals surface area contributed by atoms with E-state index in [1.807, 2.05) is 6.92 Å². The molecule has 3 rings (SSSR count). The summed E-state index contributed by atoms with van der Waals surface area (Å²) in [7, 11) is 0. The predicted octanol–water partition coefficient (Wildman–Crippen LogP) is 1.65. The quantitative estimate of drug-likeness (QED) is 0.807. The Morgan fingerprint density at radius 3 is 2.73 bits per heavy atom. The minimum Gasteiger partial charge on any atom is -0.337 e. The van der Waals surface area contributed by atoms with E-state index in [0.29, 0.717) is 25.2 Å². The van der Waals surface area contributed by atoms with Crippen LogP contribution in [0.2, 0.25) is 0 Å². The van der Waals surface area contributed by atoms with Crippen molar-refractivity contribution >= 4 is 6.03 Å². The van der Waals surface area contributed by atoms with Gasteiger partial charge in [0.25, 0.3) is 5.56 Å². The molecule has 2 aliphatic rings. The molecule has 0 bridgehead atoms. The summed E-state index contributed by atoms with van der Waals surface area (Å²) < 4.78 is 1.54. The molecule has 1 unspecified atom stereocenters. The number of hydrogen-bond acceptors (Lipinski definition) is 4. The molecular formula is C19H31N5O2. The van der Waals surface area contributed by atoms with Gasteiger partial charge in [0.05, 0.1) is 12.2 Å². The minimum atomic E-state index is -0.0572. The molecule has 0 radical (unpaired) electrons. The summed E-state index contributed by atoms with van der Waals surface area (Å²) in [5, 5.41) is 10.4. The second kappa shape index (κ2) is 9.16. The number of hydrogen-bond donors (Lipinski definition) is 2. The molecule has 2 heterocycles. The maximum atomic E-state index is 12.1. The van der Waals surface area contributed by atoms with Crippen LogP contribution in [0.3, 0.4) is 0 Å². The number of piperidine rings is 1. The summed E-state index contributed by atoms with van der Waals surface area (Å²) in [5.74, 6) is 0. The molecule has 144 valence electrons. The Labute approximate surface area is 155 Å². The van der Waals surface area contributed by atoms with Crippen molar-refractivity contribution in [2.75, 3.05) is 19.6 Å². The number of aromatic nitrogens is 2. The molecular weight excluding hydrogens is 330 g/mol. The normalized spacial score (nSPS) is 21.7. The molecule has 2 N–H and O–H groups in total. The zero-order valence-corrected chi connectivity index (χ0v) is 15.7. The van der Waals surface area contributed by atoms with E-state index < -0.39 is 0 Å². The largest absolute Gasteiger partial charge is 0.337 e. The van der Waals surface area contributed by atoms with Crippen molar-refractivity contribution in [1.29, 1.82) is 0 Å². The van der Waals surface area contributed by atoms with Crippen molar-refractivity contribution in [2.24, 2.45) is 0 Å². The molecule has 0 spiro atoms. The highest BCUT2D eigenvalue weighted by Crippen LogP contribution is 2.18. The highest BCUT2D eigenvalue weighted by atomic mass is 16.2. The van der Waals surface area contributed by atoms with Gasteiger partial charge in [0.2, 0.25) is 0 Å². The number of urea groups is 1. The predicted molar refractivity (Wildman–Crippen MR) is 101 cm³/mol. The van der Waals surface area contributed by atoms with Crippen molar-refractivity contribution < 1.29 is 4.79 Å². The van der Waals surface area contributed by atoms with Crippen LogP contribution < -0.4 is 16.2 Å². The molecule has 1 aromatic heterocycles. The number of amides is 2. The molecule has 0 aromatic carbocycles. The maximum absolute atomic E-state index is 12.1. The Bertz CT molecular complexity index is 654. The molecule has 1 aliphatic heterocycles. The van der Waals surface area contributed by atoms with Gasteiger partial charge in [-0.05, 0) is 45.2 Å². The maximum Gasteiger partial charge on any atom is 0.315 e. The smallest absolute Gasteiger partial charge is 0.315 e. The Morgan fingerprint density at radius 1 is 1.15 bits per heavy atom. The topological polar surface area (TPSA) is 79.3 Å². The molecule has 7 nitrogen and oxygen atoms in total. The summed E-state index contributed by atoms with van der Waals surface area (Å²) in [6.45, 7) is 4.94. The van der Waals surface area contributed by atoms with Gasteiger partial charge >= 0.3 is 6.03 Å². The van der Waals surface area contributed by atoms with Crippen LogP contribution in [0.25, 0.3) is 0 Å². The first-order chi connectivity index (χ1) is 12.6. The average Bonchev–Trinajstić information content (AvgIpc) is 3.14. The first kappa shape index (κ1) is 18.9. The third-order valence-electron chi connectivity index (χ3n) is 5.54. The second-order valence-corrected chi connectivity index (χ2v) is 7.56. The lowest BCUT2D eigenvalue weighted by Gasteiger charge is -2.35. The van der Waals surface area contributed by atoms with E-state index in [1.54, 1.807) is 16.8 Å². The van der Waals surface area contributed by atoms with Gasteiger partial charge in [0, 0.05) is 31.2 Å². The Hall–Kier alpha value is -1.89. The monoisotopic (exact) mass is 361 g/mol. The summed E-state index contributed by atoms with van der Waals surface area (Å²) >= 11 is 0. The standard InChI is InChI=1S/C19H31N5O2/c1-15-9-10-18(25)24(22-15)13-12-23-11-5-4-8-17(23)14-20-19(26)21-16-6-2-3-7-16/h9-10,16-17H,2-8,11-14H2,1H3,(H2,20,21,26). The number of carbonyl (C=O) groups excluding carboxylic acids is 1. The van der Waals surface area contributed by atoms with Gasteiger partial charge in [0.15, 0.2) is 0 Å². The number of nitrogens with zero attached hydrogens (tertiary/aromatic N) is 3. The zero-order chi connectivity index (χ0) is 18.4. The van der Waals surface area contributed by atoms with E-state index in [-0.39, 0.29) is 11.6 Å². The minimum absolute atomic E-state index is 0.0426. The van der Waals surface area contributed by atoms with Crippen LogP contribution in [0.15, 0.2) is 16.9 Å². The van der Waals surface area contributed by atoms with Gasteiger partial charge < -0.3 is 10.6 Å². The van der Waals surface area contributed by atoms with Crippen molar-refractivity contribution in [1.82, 2.24) is 25.3 Å². The van der Waals surface area contributed by atoms with E-state index in [2.05, 4.69) is 20.6 Å². The van der Waals surface area contributed by atoms with Gasteiger partial charge in [0.1, 0.15) is 0 Å². The van der Waals surface area contributed by atoms with Crippen molar-refractivity contribution in [3.63, 3.8) is 0 Å². The first-order valence-corrected chi connectivity index (χ1v) is 9.95. The van der Waals surface area contributed by atoms with E-state index in [0.717, 1.165) is 38.0 Å². The fourth-order valence-electron chi connectivity index (χ4n) is 4.04. The van der Waals surface area contributed by atoms with Crippen LogP contribution in [0.1, 0.15) is 50.6 Å². The lowest BCUT2D eigenvalue weighted by molar-refractivity contribution is 0.138. The molecule has 7 heteroatoms. The number of rotatable bonds is 6. The first-order valence-electron chi connectivity index (χ1n) is 9.95. The molecule has 1 saturated carbocycles. The number of carbonyl (C=O) groups is 1. The molecule has 2 amide bonds. The lowest BCUT2D eigenvalue weighted by Crippen LogP contribution is -2.50. The lowest BCUT2D eigenvalue weighted by atomic mass is 10.0. The van der Waals surface area contributed by atoms with Gasteiger partial charge in [-0.15, -0.1) is 0 Å². The zero-order valence-electron chi connectivity index (χ0n) is 15.7. The second-order valence-electron chi connectivity index (χ2n) is 7.56. The van der Waals surface area contributed by atoms with Crippen LogP contribution in [0.4, 0.5) is 4.79 Å². The van der Waals surface area contributed by atoms with Gasteiger partial charge in [-0.2, -0.15) is 5.10 Å². The van der Waals surface area contributed by atoms with Crippen molar-refractivity contribution in [3.8, 4) is 0 Å². The van der Waals surface area contributed by atoms with Crippen molar-refractivity contribution in [3.05, 3.63) is 28.2 Å². The average molecular weight is 361 g/mol. The summed E-state index contributed by atoms with van der Waals surface area (Å²) in [6.07, 6.45) is 8.07. The Balaban J connectivity index is 1.48. The van der Waals surface area contributed by atoms with Gasteiger partial charge in [-0.3, -0.25) is 9.69 Å². The molecule has 2 fully saturated rings. The Morgan fingerprint density at radius 2 is 1.92 bits per heavy atom. The van der Waals surface area contributed by atoms with Gasteiger partial charge in [-0.1, -0.05) is 19.3 Å². The third-order valence-corrected chi connectivity index (χ3v) is 5.54. The summed E-state index contributed by atoms with van der Waals surface area (Å²) in [6, 6.07) is 3.95. The summed E-state index contributed by atoms with van der Waals surface area (Å²) in [5.41, 5.74) is 0.795. The van der Waals surface area contributed by atoms with Crippen LogP contribution in [-0.4, -0.2) is 52.4 Å². The fraction of sp³-hybridized carbons (Fsp3) is 0.737. The molecule has 1 saturated heterocycles. The van der Waals surface area contributed by atoms with Crippen LogP contribution >= 0.6 is 0 Å². The number of aryl methyl sites for hydroxylation is 1. The number of likely N-dealkylation sites (tertiary alicyclic amines) is 1. The van der Waals surface area contributed by atoms with Crippen LogP contribution in [-0.2, 0) is 6.54 Å². The SMILES string of the molecule is Cc1ccc(=O)n(CCN2CCCCC2CNC(=O)NC2CCCC2)n1. The molecule has 1 aromatic rings. The summed E-state index contributed by atoms with van der Waals surface area (Å²) in [4.78, 5) is 26.4. The molecule has 1 aliphatic carbocycles. The van der Waals surface area contributed by atoms with Crippen molar-refractivity contribution in [2.45, 2.75) is 70.5 Å². The highest BCUT2D eigenvalue weighted by molar-refractivity contribution is 5.74. The van der Waals surface area contributed by atoms with E-state index in [9.17, 15) is 9.59 Å². The van der Waals surface area contributed by atoms with E-state index in [1.165, 1.54) is 25.7 Å². The Kier molecular flexibility index (Phi) is 6.66. The van der Waals surface area contributed by atoms with Gasteiger partial charge in [-0.25, -0.2) is 9.48 Å².